The number of hydrogen-bond acceptors (Lipinski definition) is 2. The Bertz CT molecular complexity index is 788. The Kier molecular flexibility index (Phi) is 3.40. The van der Waals surface area contributed by atoms with E-state index in [1.54, 1.807) is 23.0 Å². The van der Waals surface area contributed by atoms with E-state index in [0.29, 0.717) is 10.0 Å². The van der Waals surface area contributed by atoms with Gasteiger partial charge in [0.15, 0.2) is 0 Å². The smallest absolute Gasteiger partial charge is 0.132 e. The molecule has 0 saturated carbocycles. The van der Waals surface area contributed by atoms with Crippen molar-refractivity contribution in [1.82, 2.24) is 19.3 Å². The van der Waals surface area contributed by atoms with Crippen molar-refractivity contribution < 1.29 is 0 Å². The van der Waals surface area contributed by atoms with Gasteiger partial charge in [0.05, 0.1) is 38.3 Å². The monoisotopic (exact) mass is 328 g/mol. The van der Waals surface area contributed by atoms with Gasteiger partial charge in [0.2, 0.25) is 0 Å². The highest BCUT2D eigenvalue weighted by Gasteiger charge is 2.18. The molecular formula is C13H11Cl3N4. The number of aryl methyl sites for hydroxylation is 1. The fourth-order valence-corrected chi connectivity index (χ4v) is 2.62. The molecule has 2 heterocycles. The van der Waals surface area contributed by atoms with E-state index in [4.69, 9.17) is 34.8 Å². The van der Waals surface area contributed by atoms with E-state index >= 15 is 0 Å². The first kappa shape index (κ1) is 13.7. The van der Waals surface area contributed by atoms with Crippen molar-refractivity contribution in [3.63, 3.8) is 0 Å². The minimum Gasteiger partial charge on any atom is -0.292 e. The Balaban J connectivity index is 2.37. The third kappa shape index (κ3) is 2.18. The van der Waals surface area contributed by atoms with Crippen LogP contribution in [0.5, 0.6) is 0 Å². The fraction of sp³-hybridized carbons (Fsp3) is 0.231. The molecule has 7 heteroatoms. The molecule has 20 heavy (non-hydrogen) atoms. The van der Waals surface area contributed by atoms with Gasteiger partial charge in [0, 0.05) is 13.2 Å². The molecule has 1 atom stereocenters. The summed E-state index contributed by atoms with van der Waals surface area (Å²) < 4.78 is 3.67. The lowest BCUT2D eigenvalue weighted by Gasteiger charge is -2.08. The Morgan fingerprint density at radius 3 is 2.50 bits per heavy atom. The van der Waals surface area contributed by atoms with Crippen molar-refractivity contribution in [3.05, 3.63) is 40.4 Å². The van der Waals surface area contributed by atoms with E-state index < -0.39 is 0 Å². The van der Waals surface area contributed by atoms with Gasteiger partial charge in [-0.25, -0.2) is 4.98 Å². The minimum absolute atomic E-state index is 0.250. The second kappa shape index (κ2) is 4.95. The summed E-state index contributed by atoms with van der Waals surface area (Å²) in [6.07, 6.45) is 3.65. The molecule has 0 radical (unpaired) electrons. The van der Waals surface area contributed by atoms with Gasteiger partial charge >= 0.3 is 0 Å². The molecule has 104 valence electrons. The summed E-state index contributed by atoms with van der Waals surface area (Å²) in [4.78, 5) is 4.55. The van der Waals surface area contributed by atoms with Crippen LogP contribution in [-0.2, 0) is 7.05 Å². The number of rotatable bonds is 2. The number of halogens is 3. The van der Waals surface area contributed by atoms with Crippen molar-refractivity contribution in [1.29, 1.82) is 0 Å². The summed E-state index contributed by atoms with van der Waals surface area (Å²) in [5, 5.41) is 4.90. The highest BCUT2D eigenvalue weighted by molar-refractivity contribution is 6.42. The molecule has 0 aliphatic rings. The first-order chi connectivity index (χ1) is 9.47. The summed E-state index contributed by atoms with van der Waals surface area (Å²) >= 11 is 18.4. The number of benzene rings is 1. The molecule has 3 rings (SSSR count). The van der Waals surface area contributed by atoms with Gasteiger partial charge in [0.25, 0.3) is 0 Å². The number of imidazole rings is 1. The van der Waals surface area contributed by atoms with Crippen LogP contribution in [0.4, 0.5) is 0 Å². The highest BCUT2D eigenvalue weighted by atomic mass is 35.5. The average Bonchev–Trinajstić information content (AvgIpc) is 2.94. The third-order valence-electron chi connectivity index (χ3n) is 3.03. The maximum Gasteiger partial charge on any atom is 0.132 e. The molecular weight excluding hydrogens is 319 g/mol. The molecule has 0 aliphatic heterocycles. The number of hydrogen-bond donors (Lipinski definition) is 0. The quantitative estimate of drug-likeness (QED) is 0.655. The third-order valence-corrected chi connectivity index (χ3v) is 3.95. The van der Waals surface area contributed by atoms with Crippen LogP contribution in [0.3, 0.4) is 0 Å². The normalized spacial score (nSPS) is 13.1. The van der Waals surface area contributed by atoms with Crippen LogP contribution in [0.25, 0.3) is 16.7 Å². The van der Waals surface area contributed by atoms with Crippen LogP contribution in [0.1, 0.15) is 18.1 Å². The molecule has 2 aromatic heterocycles. The second-order valence-electron chi connectivity index (χ2n) is 4.55. The van der Waals surface area contributed by atoms with Crippen LogP contribution in [0.15, 0.2) is 24.5 Å². The SMILES string of the molecule is CC(Cl)c1nc2cc(Cl)c(Cl)cc2n1-c1cnn(C)c1. The lowest BCUT2D eigenvalue weighted by molar-refractivity contribution is 0.767. The first-order valence-corrected chi connectivity index (χ1v) is 7.17. The second-order valence-corrected chi connectivity index (χ2v) is 6.02. The zero-order valence-electron chi connectivity index (χ0n) is 10.8. The van der Waals surface area contributed by atoms with E-state index in [1.165, 1.54) is 0 Å². The summed E-state index contributed by atoms with van der Waals surface area (Å²) in [6, 6.07) is 3.54. The van der Waals surface area contributed by atoms with Crippen LogP contribution < -0.4 is 0 Å². The zero-order valence-corrected chi connectivity index (χ0v) is 13.1. The number of fused-ring (bicyclic) bond motifs is 1. The van der Waals surface area contributed by atoms with E-state index in [1.807, 2.05) is 24.7 Å². The molecule has 0 spiro atoms. The van der Waals surface area contributed by atoms with E-state index in [2.05, 4.69) is 10.1 Å². The first-order valence-electron chi connectivity index (χ1n) is 5.98. The molecule has 0 amide bonds. The lowest BCUT2D eigenvalue weighted by Crippen LogP contribution is -2.01. The molecule has 1 aromatic carbocycles. The maximum absolute atomic E-state index is 6.24. The largest absolute Gasteiger partial charge is 0.292 e. The Hall–Kier alpha value is -1.23. The summed E-state index contributed by atoms with van der Waals surface area (Å²) in [5.41, 5.74) is 2.50. The maximum atomic E-state index is 6.24. The van der Waals surface area contributed by atoms with Gasteiger partial charge in [0.1, 0.15) is 5.82 Å². The van der Waals surface area contributed by atoms with Crippen LogP contribution in [0, 0.1) is 0 Å². The van der Waals surface area contributed by atoms with Gasteiger partial charge in [-0.15, -0.1) is 11.6 Å². The van der Waals surface area contributed by atoms with Crippen LogP contribution in [0.2, 0.25) is 10.0 Å². The molecule has 1 unspecified atom stereocenters. The van der Waals surface area contributed by atoms with Crippen molar-refractivity contribution in [2.75, 3.05) is 0 Å². The Labute approximate surface area is 130 Å². The number of aromatic nitrogens is 4. The predicted molar refractivity (Wildman–Crippen MR) is 82.1 cm³/mol. The topological polar surface area (TPSA) is 35.6 Å². The van der Waals surface area contributed by atoms with Crippen molar-refractivity contribution in [2.24, 2.45) is 7.05 Å². The summed E-state index contributed by atoms with van der Waals surface area (Å²) in [5.74, 6) is 0.730. The lowest BCUT2D eigenvalue weighted by atomic mass is 10.3. The summed E-state index contributed by atoms with van der Waals surface area (Å²) in [6.45, 7) is 1.87. The molecule has 4 nitrogen and oxygen atoms in total. The minimum atomic E-state index is -0.250. The highest BCUT2D eigenvalue weighted by Crippen LogP contribution is 2.32. The van der Waals surface area contributed by atoms with E-state index in [-0.39, 0.29) is 5.38 Å². The molecule has 0 fully saturated rings. The van der Waals surface area contributed by atoms with Gasteiger partial charge < -0.3 is 0 Å². The van der Waals surface area contributed by atoms with Crippen molar-refractivity contribution in [2.45, 2.75) is 12.3 Å². The zero-order chi connectivity index (χ0) is 14.4. The standard InChI is InChI=1S/C13H11Cl3N4/c1-7(14)13-18-11-3-9(15)10(16)4-12(11)20(13)8-5-17-19(2)6-8/h3-7H,1-2H3. The molecule has 0 N–H and O–H groups in total. The Morgan fingerprint density at radius 2 is 1.90 bits per heavy atom. The predicted octanol–water partition coefficient (Wildman–Crippen LogP) is 4.37. The average molecular weight is 330 g/mol. The molecule has 0 bridgehead atoms. The molecule has 0 saturated heterocycles. The number of alkyl halides is 1. The summed E-state index contributed by atoms with van der Waals surface area (Å²) in [7, 11) is 1.86. The molecule has 0 aliphatic carbocycles. The van der Waals surface area contributed by atoms with Gasteiger partial charge in [-0.1, -0.05) is 23.2 Å². The van der Waals surface area contributed by atoms with Crippen molar-refractivity contribution in [3.8, 4) is 5.69 Å². The van der Waals surface area contributed by atoms with Gasteiger partial charge in [-0.2, -0.15) is 5.10 Å². The van der Waals surface area contributed by atoms with Crippen molar-refractivity contribution >= 4 is 45.8 Å². The van der Waals surface area contributed by atoms with Gasteiger partial charge in [-0.05, 0) is 19.1 Å². The van der Waals surface area contributed by atoms with Crippen LogP contribution in [-0.4, -0.2) is 19.3 Å². The number of nitrogens with zero attached hydrogens (tertiary/aromatic N) is 4. The van der Waals surface area contributed by atoms with E-state index in [9.17, 15) is 0 Å². The Morgan fingerprint density at radius 1 is 1.20 bits per heavy atom. The van der Waals surface area contributed by atoms with Crippen LogP contribution >= 0.6 is 34.8 Å². The van der Waals surface area contributed by atoms with E-state index in [0.717, 1.165) is 22.5 Å². The van der Waals surface area contributed by atoms with Gasteiger partial charge in [-0.3, -0.25) is 9.25 Å². The molecule has 3 aromatic rings. The fourth-order valence-electron chi connectivity index (χ4n) is 2.15.